The van der Waals surface area contributed by atoms with Crippen LogP contribution >= 0.6 is 0 Å². The summed E-state index contributed by atoms with van der Waals surface area (Å²) in [6.07, 6.45) is 3.97. The van der Waals surface area contributed by atoms with Crippen LogP contribution in [0, 0.1) is 25.7 Å². The second-order valence-corrected chi connectivity index (χ2v) is 6.17. The van der Waals surface area contributed by atoms with Gasteiger partial charge >= 0.3 is 0 Å². The Kier molecular flexibility index (Phi) is 4.51. The number of hydrogen-bond acceptors (Lipinski definition) is 2. The zero-order valence-electron chi connectivity index (χ0n) is 12.7. The van der Waals surface area contributed by atoms with Crippen LogP contribution in [-0.4, -0.2) is 11.1 Å². The topological polar surface area (TPSA) is 32.3 Å². The molecule has 0 heterocycles. The third-order valence-corrected chi connectivity index (χ3v) is 4.87. The lowest BCUT2D eigenvalue weighted by molar-refractivity contribution is 0.344. The van der Waals surface area contributed by atoms with Crippen molar-refractivity contribution in [1.82, 2.24) is 5.32 Å². The number of rotatable bonds is 4. The number of aromatic hydroxyl groups is 1. The van der Waals surface area contributed by atoms with Crippen molar-refractivity contribution < 1.29 is 5.11 Å². The van der Waals surface area contributed by atoms with E-state index in [0.29, 0.717) is 11.8 Å². The monoisotopic (exact) mass is 261 g/mol. The maximum absolute atomic E-state index is 9.80. The molecule has 0 aliphatic heterocycles. The molecular weight excluding hydrogens is 234 g/mol. The second-order valence-electron chi connectivity index (χ2n) is 6.17. The first kappa shape index (κ1) is 14.4. The molecule has 2 N–H and O–H groups in total. The van der Waals surface area contributed by atoms with Gasteiger partial charge in [0.15, 0.2) is 0 Å². The Labute approximate surface area is 117 Å². The third kappa shape index (κ3) is 3.11. The molecule has 1 aliphatic carbocycles. The molecule has 1 aromatic carbocycles. The molecule has 1 aromatic rings. The Morgan fingerprint density at radius 2 is 1.84 bits per heavy atom. The van der Waals surface area contributed by atoms with Crippen molar-refractivity contribution in [2.75, 3.05) is 0 Å². The van der Waals surface area contributed by atoms with Gasteiger partial charge in [0.05, 0.1) is 0 Å². The Hall–Kier alpha value is -1.02. The Bertz CT molecular complexity index is 418. The fourth-order valence-electron chi connectivity index (χ4n) is 3.51. The summed E-state index contributed by atoms with van der Waals surface area (Å²) >= 11 is 0. The smallest absolute Gasteiger partial charge is 0.121 e. The number of phenols is 1. The van der Waals surface area contributed by atoms with Gasteiger partial charge in [-0.3, -0.25) is 0 Å². The Morgan fingerprint density at radius 3 is 2.37 bits per heavy atom. The van der Waals surface area contributed by atoms with Crippen molar-refractivity contribution in [3.63, 3.8) is 0 Å². The number of phenolic OH excluding ortho intramolecular Hbond substituents is 1. The van der Waals surface area contributed by atoms with Crippen LogP contribution in [0.5, 0.6) is 5.75 Å². The number of nitrogens with one attached hydrogen (secondary N) is 1. The third-order valence-electron chi connectivity index (χ3n) is 4.87. The predicted molar refractivity (Wildman–Crippen MR) is 80.4 cm³/mol. The van der Waals surface area contributed by atoms with E-state index < -0.39 is 0 Å². The molecule has 3 atom stereocenters. The first-order valence-corrected chi connectivity index (χ1v) is 7.55. The molecule has 1 fully saturated rings. The normalized spacial score (nSPS) is 26.8. The van der Waals surface area contributed by atoms with E-state index in [0.717, 1.165) is 29.5 Å². The van der Waals surface area contributed by atoms with Gasteiger partial charge in [-0.1, -0.05) is 32.4 Å². The van der Waals surface area contributed by atoms with E-state index in [1.807, 2.05) is 13.8 Å². The number of aryl methyl sites for hydroxylation is 2. The van der Waals surface area contributed by atoms with Crippen LogP contribution in [0.15, 0.2) is 12.1 Å². The largest absolute Gasteiger partial charge is 0.507 e. The van der Waals surface area contributed by atoms with Crippen LogP contribution in [0.3, 0.4) is 0 Å². The molecule has 0 saturated heterocycles. The molecule has 2 nitrogen and oxygen atoms in total. The molecule has 0 aromatic heterocycles. The first-order valence-electron chi connectivity index (χ1n) is 7.55. The van der Waals surface area contributed by atoms with Crippen LogP contribution in [0.1, 0.15) is 49.8 Å². The second kappa shape index (κ2) is 5.96. The maximum atomic E-state index is 9.80. The quantitative estimate of drug-likeness (QED) is 0.861. The van der Waals surface area contributed by atoms with Crippen LogP contribution in [0.25, 0.3) is 0 Å². The van der Waals surface area contributed by atoms with Gasteiger partial charge in [0.1, 0.15) is 5.75 Å². The average molecular weight is 261 g/mol. The van der Waals surface area contributed by atoms with E-state index in [1.54, 1.807) is 0 Å². The molecule has 19 heavy (non-hydrogen) atoms. The molecule has 106 valence electrons. The molecule has 0 amide bonds. The highest BCUT2D eigenvalue weighted by Crippen LogP contribution is 2.34. The lowest BCUT2D eigenvalue weighted by Gasteiger charge is -2.21. The van der Waals surface area contributed by atoms with Gasteiger partial charge in [-0.25, -0.2) is 0 Å². The highest BCUT2D eigenvalue weighted by Gasteiger charge is 2.30. The van der Waals surface area contributed by atoms with Gasteiger partial charge in [-0.05, 0) is 55.2 Å². The standard InChI is InChI=1S/C17H27NO/c1-5-15-6-7-16(13(15)4)18-10-14-8-11(2)17(19)12(3)9-14/h8-9,13,15-16,18-19H,5-7,10H2,1-4H3. The zero-order chi connectivity index (χ0) is 14.0. The lowest BCUT2D eigenvalue weighted by Crippen LogP contribution is -2.32. The fraction of sp³-hybridized carbons (Fsp3) is 0.647. The first-order chi connectivity index (χ1) is 9.02. The highest BCUT2D eigenvalue weighted by atomic mass is 16.3. The Balaban J connectivity index is 1.96. The molecular formula is C17H27NO. The van der Waals surface area contributed by atoms with Crippen molar-refractivity contribution in [2.24, 2.45) is 11.8 Å². The van der Waals surface area contributed by atoms with Gasteiger partial charge in [-0.15, -0.1) is 0 Å². The van der Waals surface area contributed by atoms with Gasteiger partial charge in [0, 0.05) is 12.6 Å². The van der Waals surface area contributed by atoms with Gasteiger partial charge in [-0.2, -0.15) is 0 Å². The summed E-state index contributed by atoms with van der Waals surface area (Å²) in [5.74, 6) is 2.11. The SMILES string of the molecule is CCC1CCC(NCc2cc(C)c(O)c(C)c2)C1C. The van der Waals surface area contributed by atoms with Crippen LogP contribution in [0.4, 0.5) is 0 Å². The molecule has 1 saturated carbocycles. The minimum absolute atomic E-state index is 0.434. The average Bonchev–Trinajstić information content (AvgIpc) is 2.74. The van der Waals surface area contributed by atoms with E-state index >= 15 is 0 Å². The number of hydrogen-bond donors (Lipinski definition) is 2. The molecule has 3 unspecified atom stereocenters. The van der Waals surface area contributed by atoms with Gasteiger partial charge in [0.25, 0.3) is 0 Å². The molecule has 2 heteroatoms. The van der Waals surface area contributed by atoms with Crippen molar-refractivity contribution in [1.29, 1.82) is 0 Å². The van der Waals surface area contributed by atoms with E-state index in [4.69, 9.17) is 0 Å². The molecule has 2 rings (SSSR count). The van der Waals surface area contributed by atoms with E-state index in [1.165, 1.54) is 24.8 Å². The van der Waals surface area contributed by atoms with Crippen LogP contribution in [-0.2, 0) is 6.54 Å². The molecule has 1 aliphatic rings. The summed E-state index contributed by atoms with van der Waals surface area (Å²) in [4.78, 5) is 0. The fourth-order valence-corrected chi connectivity index (χ4v) is 3.51. The van der Waals surface area contributed by atoms with Crippen molar-refractivity contribution in [2.45, 2.75) is 59.5 Å². The summed E-state index contributed by atoms with van der Waals surface area (Å²) in [5, 5.41) is 13.5. The molecule has 0 spiro atoms. The predicted octanol–water partition coefficient (Wildman–Crippen LogP) is 3.92. The van der Waals surface area contributed by atoms with E-state index in [-0.39, 0.29) is 0 Å². The van der Waals surface area contributed by atoms with Gasteiger partial charge < -0.3 is 10.4 Å². The van der Waals surface area contributed by atoms with Gasteiger partial charge in [0.2, 0.25) is 0 Å². The highest BCUT2D eigenvalue weighted by molar-refractivity contribution is 5.42. The lowest BCUT2D eigenvalue weighted by atomic mass is 9.93. The van der Waals surface area contributed by atoms with Crippen LogP contribution < -0.4 is 5.32 Å². The van der Waals surface area contributed by atoms with Crippen molar-refractivity contribution in [3.8, 4) is 5.75 Å². The van der Waals surface area contributed by atoms with Crippen LogP contribution in [0.2, 0.25) is 0 Å². The minimum atomic E-state index is 0.434. The molecule has 0 bridgehead atoms. The van der Waals surface area contributed by atoms with E-state index in [2.05, 4.69) is 31.3 Å². The Morgan fingerprint density at radius 1 is 1.21 bits per heavy atom. The molecule has 0 radical (unpaired) electrons. The summed E-state index contributed by atoms with van der Waals surface area (Å²) in [6, 6.07) is 4.83. The van der Waals surface area contributed by atoms with Crippen molar-refractivity contribution in [3.05, 3.63) is 28.8 Å². The minimum Gasteiger partial charge on any atom is -0.507 e. The summed E-state index contributed by atoms with van der Waals surface area (Å²) in [7, 11) is 0. The zero-order valence-corrected chi connectivity index (χ0v) is 12.7. The van der Waals surface area contributed by atoms with E-state index in [9.17, 15) is 5.11 Å². The number of benzene rings is 1. The maximum Gasteiger partial charge on any atom is 0.121 e. The summed E-state index contributed by atoms with van der Waals surface area (Å²) in [5.41, 5.74) is 3.23. The summed E-state index contributed by atoms with van der Waals surface area (Å²) < 4.78 is 0. The summed E-state index contributed by atoms with van der Waals surface area (Å²) in [6.45, 7) is 9.53. The van der Waals surface area contributed by atoms with Crippen molar-refractivity contribution >= 4 is 0 Å².